The summed E-state index contributed by atoms with van der Waals surface area (Å²) in [6.45, 7) is 6.19. The van der Waals surface area contributed by atoms with Crippen molar-refractivity contribution in [1.29, 1.82) is 0 Å². The molecule has 0 unspecified atom stereocenters. The van der Waals surface area contributed by atoms with Crippen LogP contribution in [0.1, 0.15) is 37.5 Å². The number of allylic oxidation sites excluding steroid dienone is 1. The van der Waals surface area contributed by atoms with Crippen molar-refractivity contribution >= 4 is 11.3 Å². The third kappa shape index (κ3) is 1.81. The van der Waals surface area contributed by atoms with Crippen LogP contribution in [0.3, 0.4) is 0 Å². The van der Waals surface area contributed by atoms with Crippen LogP contribution in [-0.4, -0.2) is 5.54 Å². The Morgan fingerprint density at radius 2 is 1.86 bits per heavy atom. The van der Waals surface area contributed by atoms with Crippen LogP contribution in [-0.2, 0) is 6.42 Å². The Bertz CT molecular complexity index is 847. The molecule has 1 nitrogen and oxygen atoms in total. The number of nitrogens with one attached hydrogen (secondary N) is 1. The lowest BCUT2D eigenvalue weighted by Gasteiger charge is -2.32. The first-order valence-corrected chi connectivity index (χ1v) is 7.48. The second kappa shape index (κ2) is 4.19. The molecule has 112 valence electrons. The molecule has 1 aliphatic carbocycles. The molecule has 0 atom stereocenters. The van der Waals surface area contributed by atoms with Crippen LogP contribution >= 0.6 is 0 Å². The van der Waals surface area contributed by atoms with Crippen LogP contribution in [0.4, 0.5) is 14.5 Å². The highest BCUT2D eigenvalue weighted by Gasteiger charge is 2.31. The lowest BCUT2D eigenvalue weighted by Crippen LogP contribution is -2.32. The first-order chi connectivity index (χ1) is 10.4. The van der Waals surface area contributed by atoms with Gasteiger partial charge in [0.05, 0.1) is 5.54 Å². The van der Waals surface area contributed by atoms with E-state index in [-0.39, 0.29) is 17.2 Å². The van der Waals surface area contributed by atoms with Gasteiger partial charge in [0.1, 0.15) is 11.6 Å². The largest absolute Gasteiger partial charge is 0.376 e. The molecule has 2 aliphatic rings. The van der Waals surface area contributed by atoms with E-state index < -0.39 is 0 Å². The van der Waals surface area contributed by atoms with E-state index >= 15 is 0 Å². The molecule has 1 aliphatic heterocycles. The van der Waals surface area contributed by atoms with Crippen molar-refractivity contribution in [2.45, 2.75) is 32.7 Å². The third-order valence-corrected chi connectivity index (χ3v) is 4.52. The Morgan fingerprint density at radius 3 is 2.64 bits per heavy atom. The number of fused-ring (bicyclic) bond motifs is 5. The van der Waals surface area contributed by atoms with E-state index in [0.29, 0.717) is 12.0 Å². The Morgan fingerprint density at radius 1 is 1.09 bits per heavy atom. The number of halogens is 2. The van der Waals surface area contributed by atoms with Crippen LogP contribution in [0.15, 0.2) is 30.3 Å². The van der Waals surface area contributed by atoms with Crippen LogP contribution < -0.4 is 5.32 Å². The molecule has 2 aromatic rings. The number of anilines is 1. The van der Waals surface area contributed by atoms with E-state index in [1.54, 1.807) is 12.1 Å². The fourth-order valence-electron chi connectivity index (χ4n) is 3.86. The predicted molar refractivity (Wildman–Crippen MR) is 86.0 cm³/mol. The van der Waals surface area contributed by atoms with E-state index in [0.717, 1.165) is 33.5 Å². The van der Waals surface area contributed by atoms with Gasteiger partial charge in [0.25, 0.3) is 0 Å². The minimum Gasteiger partial charge on any atom is -0.376 e. The fourth-order valence-corrected chi connectivity index (χ4v) is 3.86. The summed E-state index contributed by atoms with van der Waals surface area (Å²) in [4.78, 5) is 0. The number of hydrogen-bond donors (Lipinski definition) is 1. The van der Waals surface area contributed by atoms with Crippen molar-refractivity contribution in [1.82, 2.24) is 0 Å². The lowest BCUT2D eigenvalue weighted by atomic mass is 9.86. The first kappa shape index (κ1) is 13.5. The maximum Gasteiger partial charge on any atom is 0.133 e. The molecule has 2 aromatic carbocycles. The highest BCUT2D eigenvalue weighted by atomic mass is 19.1. The van der Waals surface area contributed by atoms with Crippen molar-refractivity contribution in [3.63, 3.8) is 0 Å². The zero-order valence-electron chi connectivity index (χ0n) is 12.8. The Kier molecular flexibility index (Phi) is 2.57. The normalized spacial score (nSPS) is 17.2. The van der Waals surface area contributed by atoms with Gasteiger partial charge in [-0.2, -0.15) is 0 Å². The molecule has 1 N–H and O–H groups in total. The Balaban J connectivity index is 2.00. The molecule has 0 saturated carbocycles. The molecule has 0 aromatic heterocycles. The zero-order chi connectivity index (χ0) is 15.6. The Labute approximate surface area is 128 Å². The molecular formula is C19H17F2N. The second-order valence-corrected chi connectivity index (χ2v) is 6.79. The van der Waals surface area contributed by atoms with Crippen molar-refractivity contribution in [3.8, 4) is 11.1 Å². The molecule has 3 heteroatoms. The number of hydrogen-bond acceptors (Lipinski definition) is 1. The van der Waals surface area contributed by atoms with Gasteiger partial charge in [-0.15, -0.1) is 0 Å². The molecule has 0 fully saturated rings. The molecule has 0 spiro atoms. The molecule has 0 bridgehead atoms. The summed E-state index contributed by atoms with van der Waals surface area (Å²) < 4.78 is 28.2. The molecular weight excluding hydrogens is 280 g/mol. The maximum atomic E-state index is 14.7. The predicted octanol–water partition coefficient (Wildman–Crippen LogP) is 5.14. The van der Waals surface area contributed by atoms with Gasteiger partial charge in [-0.3, -0.25) is 0 Å². The molecule has 0 radical (unpaired) electrons. The summed E-state index contributed by atoms with van der Waals surface area (Å²) in [5.74, 6) is -0.510. The minimum absolute atomic E-state index is 0.199. The van der Waals surface area contributed by atoms with Crippen molar-refractivity contribution < 1.29 is 8.78 Å². The van der Waals surface area contributed by atoms with Gasteiger partial charge < -0.3 is 5.32 Å². The van der Waals surface area contributed by atoms with Crippen LogP contribution in [0.5, 0.6) is 0 Å². The van der Waals surface area contributed by atoms with Crippen molar-refractivity contribution in [3.05, 3.63) is 58.7 Å². The van der Waals surface area contributed by atoms with E-state index in [1.165, 1.54) is 12.1 Å². The monoisotopic (exact) mass is 297 g/mol. The molecule has 4 rings (SSSR count). The highest BCUT2D eigenvalue weighted by Crippen LogP contribution is 2.47. The summed E-state index contributed by atoms with van der Waals surface area (Å²) in [6.07, 6.45) is 2.74. The zero-order valence-corrected chi connectivity index (χ0v) is 12.8. The van der Waals surface area contributed by atoms with E-state index in [9.17, 15) is 8.78 Å². The number of rotatable bonds is 0. The fraction of sp³-hybridized carbons (Fsp3) is 0.263. The topological polar surface area (TPSA) is 12.0 Å². The summed E-state index contributed by atoms with van der Waals surface area (Å²) in [5, 5.41) is 3.38. The van der Waals surface area contributed by atoms with Crippen LogP contribution in [0.2, 0.25) is 0 Å². The second-order valence-electron chi connectivity index (χ2n) is 6.79. The smallest absolute Gasteiger partial charge is 0.133 e. The average Bonchev–Trinajstić information content (AvgIpc) is 2.74. The van der Waals surface area contributed by atoms with E-state index in [2.05, 4.69) is 32.2 Å². The summed E-state index contributed by atoms with van der Waals surface area (Å²) >= 11 is 0. The van der Waals surface area contributed by atoms with Gasteiger partial charge >= 0.3 is 0 Å². The molecule has 0 saturated heterocycles. The summed E-state index contributed by atoms with van der Waals surface area (Å²) in [7, 11) is 0. The molecule has 0 amide bonds. The average molecular weight is 297 g/mol. The SMILES string of the molecule is CC1=CC(C)(C)Nc2cc(F)c3c(c21)Cc1cc(F)ccc1-3. The standard InChI is InChI=1S/C19H17F2N/c1-10-9-19(2,3)22-16-8-15(21)18-13-5-4-12(20)6-11(13)7-14(18)17(10)16/h4-6,8-9,22H,7H2,1-3H3. The van der Waals surface area contributed by atoms with E-state index in [4.69, 9.17) is 0 Å². The quantitative estimate of drug-likeness (QED) is 0.605. The lowest BCUT2D eigenvalue weighted by molar-refractivity contribution is 0.625. The third-order valence-electron chi connectivity index (χ3n) is 4.52. The minimum atomic E-state index is -0.271. The van der Waals surface area contributed by atoms with Crippen LogP contribution in [0, 0.1) is 11.6 Å². The molecule has 1 heterocycles. The van der Waals surface area contributed by atoms with Gasteiger partial charge in [0.2, 0.25) is 0 Å². The van der Waals surface area contributed by atoms with Gasteiger partial charge in [0.15, 0.2) is 0 Å². The van der Waals surface area contributed by atoms with Crippen LogP contribution in [0.25, 0.3) is 16.7 Å². The van der Waals surface area contributed by atoms with Gasteiger partial charge in [-0.25, -0.2) is 8.78 Å². The van der Waals surface area contributed by atoms with Crippen molar-refractivity contribution in [2.75, 3.05) is 5.32 Å². The maximum absolute atomic E-state index is 14.7. The van der Waals surface area contributed by atoms with E-state index in [1.807, 2.05) is 0 Å². The number of benzene rings is 2. The summed E-state index contributed by atoms with van der Waals surface area (Å²) in [6, 6.07) is 6.17. The van der Waals surface area contributed by atoms with Gasteiger partial charge in [0, 0.05) is 16.8 Å². The molecule has 22 heavy (non-hydrogen) atoms. The van der Waals surface area contributed by atoms with Gasteiger partial charge in [-0.05, 0) is 67.7 Å². The first-order valence-electron chi connectivity index (χ1n) is 7.48. The van der Waals surface area contributed by atoms with Crippen molar-refractivity contribution in [2.24, 2.45) is 0 Å². The van der Waals surface area contributed by atoms with Gasteiger partial charge in [-0.1, -0.05) is 12.1 Å². The Hall–Kier alpha value is -2.16. The highest BCUT2D eigenvalue weighted by molar-refractivity contribution is 5.90. The summed E-state index contributed by atoms with van der Waals surface area (Å²) in [5.41, 5.74) is 6.10.